The Morgan fingerprint density at radius 3 is 2.17 bits per heavy atom. The summed E-state index contributed by atoms with van der Waals surface area (Å²) in [6, 6.07) is 3.21. The zero-order valence-corrected chi connectivity index (χ0v) is 14.3. The van der Waals surface area contributed by atoms with E-state index in [-0.39, 0.29) is 0 Å². The Balaban J connectivity index is 3.18. The minimum absolute atomic E-state index is 0.301. The van der Waals surface area contributed by atoms with E-state index in [4.69, 9.17) is 9.47 Å². The van der Waals surface area contributed by atoms with Crippen LogP contribution in [0.3, 0.4) is 0 Å². The molecule has 4 nitrogen and oxygen atoms in total. The average molecular weight is 474 g/mol. The Bertz CT molecular complexity index is 471. The molecule has 1 aromatic carbocycles. The van der Waals surface area contributed by atoms with Crippen LogP contribution in [0.4, 0.5) is 0 Å². The summed E-state index contributed by atoms with van der Waals surface area (Å²) in [7, 11) is 0. The monoisotopic (exact) mass is 474 g/mol. The van der Waals surface area contributed by atoms with Crippen molar-refractivity contribution in [3.05, 3.63) is 30.4 Å². The van der Waals surface area contributed by atoms with Gasteiger partial charge in [0.25, 0.3) is 0 Å². The van der Waals surface area contributed by atoms with Crippen LogP contribution in [-0.2, 0) is 9.47 Å². The highest BCUT2D eigenvalue weighted by atomic mass is 127. The Hall–Kier alpha value is -0.380. The van der Waals surface area contributed by atoms with E-state index in [9.17, 15) is 9.59 Å². The van der Waals surface area contributed by atoms with Gasteiger partial charge in [-0.2, -0.15) is 0 Å². The van der Waals surface area contributed by atoms with Crippen molar-refractivity contribution in [2.75, 3.05) is 13.2 Å². The number of carbonyl (C=O) groups excluding carboxylic acids is 2. The van der Waals surface area contributed by atoms with Gasteiger partial charge in [-0.15, -0.1) is 0 Å². The minimum Gasteiger partial charge on any atom is -0.462 e. The Labute approximate surface area is 133 Å². The van der Waals surface area contributed by atoms with E-state index in [1.54, 1.807) is 19.9 Å². The fraction of sp³-hybridized carbons (Fsp3) is 0.333. The maximum absolute atomic E-state index is 11.8. The molecule has 0 aliphatic rings. The first-order chi connectivity index (χ1) is 8.51. The molecule has 0 saturated carbocycles. The van der Waals surface area contributed by atoms with Crippen LogP contribution in [0.5, 0.6) is 0 Å². The lowest BCUT2D eigenvalue weighted by Gasteiger charge is -2.09. The van der Waals surface area contributed by atoms with Crippen molar-refractivity contribution in [3.8, 4) is 0 Å². The normalized spacial score (nSPS) is 10.0. The number of esters is 2. The third kappa shape index (κ3) is 3.81. The second-order valence-electron chi connectivity index (χ2n) is 3.26. The predicted octanol–water partition coefficient (Wildman–Crippen LogP) is 3.25. The number of hydrogen-bond acceptors (Lipinski definition) is 4. The maximum Gasteiger partial charge on any atom is 0.339 e. The summed E-state index contributed by atoms with van der Waals surface area (Å²) in [5, 5.41) is 0. The molecule has 0 radical (unpaired) electrons. The summed E-state index contributed by atoms with van der Waals surface area (Å²) in [4.78, 5) is 23.4. The van der Waals surface area contributed by atoms with E-state index in [0.29, 0.717) is 24.3 Å². The zero-order valence-electron chi connectivity index (χ0n) is 9.96. The number of hydrogen-bond donors (Lipinski definition) is 0. The molecule has 6 heteroatoms. The van der Waals surface area contributed by atoms with E-state index < -0.39 is 11.9 Å². The fourth-order valence-corrected chi connectivity index (χ4v) is 2.44. The van der Waals surface area contributed by atoms with E-state index in [1.165, 1.54) is 6.07 Å². The molecule has 0 N–H and O–H groups in total. The topological polar surface area (TPSA) is 52.6 Å². The number of rotatable bonds is 4. The molecule has 0 aliphatic carbocycles. The van der Waals surface area contributed by atoms with Crippen molar-refractivity contribution in [2.45, 2.75) is 13.8 Å². The quantitative estimate of drug-likeness (QED) is 0.497. The van der Waals surface area contributed by atoms with Crippen LogP contribution in [0.15, 0.2) is 12.1 Å². The molecule has 0 spiro atoms. The van der Waals surface area contributed by atoms with Crippen molar-refractivity contribution in [3.63, 3.8) is 0 Å². The van der Waals surface area contributed by atoms with Gasteiger partial charge in [0.15, 0.2) is 0 Å². The van der Waals surface area contributed by atoms with Crippen LogP contribution >= 0.6 is 45.2 Å². The van der Waals surface area contributed by atoms with Gasteiger partial charge < -0.3 is 9.47 Å². The van der Waals surface area contributed by atoms with Gasteiger partial charge in [-0.3, -0.25) is 0 Å². The van der Waals surface area contributed by atoms with Crippen LogP contribution in [0.25, 0.3) is 0 Å². The van der Waals surface area contributed by atoms with Gasteiger partial charge >= 0.3 is 11.9 Å². The summed E-state index contributed by atoms with van der Waals surface area (Å²) in [5.41, 5.74) is 0.761. The minimum atomic E-state index is -0.433. The summed E-state index contributed by atoms with van der Waals surface area (Å²) in [5.74, 6) is -0.858. The Kier molecular flexibility index (Phi) is 6.33. The largest absolute Gasteiger partial charge is 0.462 e. The van der Waals surface area contributed by atoms with Crippen LogP contribution in [0, 0.1) is 7.14 Å². The smallest absolute Gasteiger partial charge is 0.339 e. The summed E-state index contributed by atoms with van der Waals surface area (Å²) < 4.78 is 11.5. The van der Waals surface area contributed by atoms with Gasteiger partial charge in [0, 0.05) is 7.14 Å². The first-order valence-electron chi connectivity index (χ1n) is 5.34. The molecule has 0 bridgehead atoms. The van der Waals surface area contributed by atoms with Crippen LogP contribution in [0.1, 0.15) is 34.6 Å². The van der Waals surface area contributed by atoms with E-state index in [0.717, 1.165) is 7.14 Å². The van der Waals surface area contributed by atoms with E-state index >= 15 is 0 Å². The average Bonchev–Trinajstić information content (AvgIpc) is 2.32. The Morgan fingerprint density at radius 2 is 1.61 bits per heavy atom. The molecule has 0 aliphatic heterocycles. The third-order valence-corrected chi connectivity index (χ3v) is 5.08. The van der Waals surface area contributed by atoms with Gasteiger partial charge in [0.05, 0.1) is 24.3 Å². The fourth-order valence-electron chi connectivity index (χ4n) is 1.28. The molecule has 1 aromatic rings. The van der Waals surface area contributed by atoms with Crippen molar-refractivity contribution in [1.82, 2.24) is 0 Å². The lowest BCUT2D eigenvalue weighted by Crippen LogP contribution is -2.12. The van der Waals surface area contributed by atoms with Crippen molar-refractivity contribution >= 4 is 57.1 Å². The van der Waals surface area contributed by atoms with Crippen molar-refractivity contribution < 1.29 is 19.1 Å². The number of carbonyl (C=O) groups is 2. The molecule has 0 atom stereocenters. The predicted molar refractivity (Wildman–Crippen MR) is 83.8 cm³/mol. The van der Waals surface area contributed by atoms with Crippen LogP contribution in [-0.4, -0.2) is 25.2 Å². The van der Waals surface area contributed by atoms with Crippen molar-refractivity contribution in [1.29, 1.82) is 0 Å². The third-order valence-electron chi connectivity index (χ3n) is 2.03. The second-order valence-corrected chi connectivity index (χ2v) is 5.50. The zero-order chi connectivity index (χ0) is 13.7. The van der Waals surface area contributed by atoms with E-state index in [2.05, 4.69) is 45.2 Å². The van der Waals surface area contributed by atoms with Crippen LogP contribution in [0.2, 0.25) is 0 Å². The molecule has 0 heterocycles. The number of benzene rings is 1. The number of halogens is 2. The standard InChI is InChI=1S/C12H12I2O4/c1-3-17-11(15)7-5-8(12(16)18-4-2)10(14)9(13)6-7/h5-6H,3-4H2,1-2H3. The first kappa shape index (κ1) is 15.7. The van der Waals surface area contributed by atoms with Gasteiger partial charge in [0.1, 0.15) is 0 Å². The summed E-state index contributed by atoms with van der Waals surface area (Å²) in [6.45, 7) is 4.08. The maximum atomic E-state index is 11.8. The molecule has 0 fully saturated rings. The molecule has 1 rings (SSSR count). The highest BCUT2D eigenvalue weighted by Crippen LogP contribution is 2.23. The molecule has 0 unspecified atom stereocenters. The molecule has 0 amide bonds. The SMILES string of the molecule is CCOC(=O)c1cc(I)c(I)c(C(=O)OCC)c1. The highest BCUT2D eigenvalue weighted by Gasteiger charge is 2.18. The van der Waals surface area contributed by atoms with Crippen molar-refractivity contribution in [2.24, 2.45) is 0 Å². The molecule has 98 valence electrons. The molecule has 0 aromatic heterocycles. The van der Waals surface area contributed by atoms with Gasteiger partial charge in [-0.25, -0.2) is 9.59 Å². The van der Waals surface area contributed by atoms with Gasteiger partial charge in [0.2, 0.25) is 0 Å². The Morgan fingerprint density at radius 1 is 1.06 bits per heavy atom. The highest BCUT2D eigenvalue weighted by molar-refractivity contribution is 14.1. The molecule has 18 heavy (non-hydrogen) atoms. The molecular formula is C12H12I2O4. The van der Waals surface area contributed by atoms with E-state index in [1.807, 2.05) is 0 Å². The lowest BCUT2D eigenvalue weighted by molar-refractivity contribution is 0.0524. The van der Waals surface area contributed by atoms with Gasteiger partial charge in [-0.1, -0.05) is 0 Å². The first-order valence-corrected chi connectivity index (χ1v) is 7.50. The number of ether oxygens (including phenoxy) is 2. The molecule has 0 saturated heterocycles. The summed E-state index contributed by atoms with van der Waals surface area (Å²) in [6.07, 6.45) is 0. The van der Waals surface area contributed by atoms with Crippen LogP contribution < -0.4 is 0 Å². The van der Waals surface area contributed by atoms with Gasteiger partial charge in [-0.05, 0) is 71.2 Å². The lowest BCUT2D eigenvalue weighted by atomic mass is 10.1. The molecular weight excluding hydrogens is 462 g/mol. The second kappa shape index (κ2) is 7.27. The summed E-state index contributed by atoms with van der Waals surface area (Å²) >= 11 is 4.14.